The van der Waals surface area contributed by atoms with Crippen LogP contribution in [0.4, 0.5) is 18.9 Å². The molecule has 0 spiro atoms. The quantitative estimate of drug-likeness (QED) is 0.885. The highest BCUT2D eigenvalue weighted by Gasteiger charge is 2.20. The van der Waals surface area contributed by atoms with Crippen LogP contribution in [0.25, 0.3) is 0 Å². The molecule has 0 aliphatic carbocycles. The SMILES string of the molecule is NC1CCN(CC(=O)Nc2c(F)cc(F)cc2F)CC1. The molecule has 1 aliphatic heterocycles. The highest BCUT2D eigenvalue weighted by molar-refractivity contribution is 5.92. The predicted molar refractivity (Wildman–Crippen MR) is 68.6 cm³/mol. The minimum Gasteiger partial charge on any atom is -0.328 e. The monoisotopic (exact) mass is 287 g/mol. The number of piperidine rings is 1. The zero-order valence-corrected chi connectivity index (χ0v) is 10.8. The summed E-state index contributed by atoms with van der Waals surface area (Å²) >= 11 is 0. The molecule has 0 saturated carbocycles. The first kappa shape index (κ1) is 14.8. The Bertz CT molecular complexity index is 479. The molecule has 4 nitrogen and oxygen atoms in total. The number of halogens is 3. The second-order valence-corrected chi connectivity index (χ2v) is 4.91. The average Bonchev–Trinajstić information content (AvgIpc) is 2.36. The van der Waals surface area contributed by atoms with Gasteiger partial charge in [0.2, 0.25) is 5.91 Å². The molecule has 0 unspecified atom stereocenters. The molecule has 1 aromatic carbocycles. The number of hydrogen-bond donors (Lipinski definition) is 2. The molecular formula is C13H16F3N3O. The van der Waals surface area contributed by atoms with Crippen molar-refractivity contribution < 1.29 is 18.0 Å². The standard InChI is InChI=1S/C13H16F3N3O/c14-8-5-10(15)13(11(16)6-8)18-12(20)7-19-3-1-9(17)2-4-19/h5-6,9H,1-4,7,17H2,(H,18,20). The predicted octanol–water partition coefficient (Wildman–Crippen LogP) is 1.47. The summed E-state index contributed by atoms with van der Waals surface area (Å²) in [5.74, 6) is -3.82. The third-order valence-electron chi connectivity index (χ3n) is 3.27. The first-order valence-electron chi connectivity index (χ1n) is 6.38. The van der Waals surface area contributed by atoms with Gasteiger partial charge in [-0.05, 0) is 12.8 Å². The third-order valence-corrected chi connectivity index (χ3v) is 3.27. The molecule has 20 heavy (non-hydrogen) atoms. The van der Waals surface area contributed by atoms with Crippen molar-refractivity contribution in [3.63, 3.8) is 0 Å². The third kappa shape index (κ3) is 3.71. The summed E-state index contributed by atoms with van der Waals surface area (Å²) in [7, 11) is 0. The molecular weight excluding hydrogens is 271 g/mol. The van der Waals surface area contributed by atoms with Crippen molar-refractivity contribution in [2.24, 2.45) is 5.73 Å². The molecule has 2 rings (SSSR count). The summed E-state index contributed by atoms with van der Waals surface area (Å²) < 4.78 is 39.5. The maximum absolute atomic E-state index is 13.4. The molecule has 1 amide bonds. The number of nitrogens with zero attached hydrogens (tertiary/aromatic N) is 1. The molecule has 1 saturated heterocycles. The van der Waals surface area contributed by atoms with Crippen LogP contribution in [0.3, 0.4) is 0 Å². The molecule has 7 heteroatoms. The van der Waals surface area contributed by atoms with Crippen molar-refractivity contribution in [3.05, 3.63) is 29.6 Å². The van der Waals surface area contributed by atoms with E-state index in [-0.39, 0.29) is 12.6 Å². The Labute approximate surface area is 114 Å². The molecule has 0 bridgehead atoms. The van der Waals surface area contributed by atoms with Gasteiger partial charge in [-0.3, -0.25) is 9.69 Å². The van der Waals surface area contributed by atoms with Gasteiger partial charge in [0.15, 0.2) is 11.6 Å². The van der Waals surface area contributed by atoms with Gasteiger partial charge >= 0.3 is 0 Å². The molecule has 1 aromatic rings. The normalized spacial score (nSPS) is 17.2. The maximum atomic E-state index is 13.4. The highest BCUT2D eigenvalue weighted by atomic mass is 19.1. The lowest BCUT2D eigenvalue weighted by Gasteiger charge is -2.29. The van der Waals surface area contributed by atoms with Crippen LogP contribution in [0.2, 0.25) is 0 Å². The van der Waals surface area contributed by atoms with Crippen molar-refractivity contribution >= 4 is 11.6 Å². The summed E-state index contributed by atoms with van der Waals surface area (Å²) in [5, 5.41) is 2.14. The molecule has 110 valence electrons. The minimum absolute atomic E-state index is 0.0307. The van der Waals surface area contributed by atoms with Crippen LogP contribution < -0.4 is 11.1 Å². The number of rotatable bonds is 3. The van der Waals surface area contributed by atoms with Crippen molar-refractivity contribution in [2.45, 2.75) is 18.9 Å². The second-order valence-electron chi connectivity index (χ2n) is 4.91. The molecule has 0 radical (unpaired) electrons. The van der Waals surface area contributed by atoms with Crippen LogP contribution in [0.15, 0.2) is 12.1 Å². The van der Waals surface area contributed by atoms with E-state index in [0.717, 1.165) is 12.8 Å². The molecule has 1 heterocycles. The van der Waals surface area contributed by atoms with Gasteiger partial charge in [0, 0.05) is 31.3 Å². The van der Waals surface area contributed by atoms with Crippen LogP contribution in [0.1, 0.15) is 12.8 Å². The lowest BCUT2D eigenvalue weighted by molar-refractivity contribution is -0.117. The molecule has 0 atom stereocenters. The number of likely N-dealkylation sites (tertiary alicyclic amines) is 1. The second kappa shape index (κ2) is 6.23. The number of carbonyl (C=O) groups is 1. The Kier molecular flexibility index (Phi) is 4.61. The van der Waals surface area contributed by atoms with Crippen LogP contribution in [0.5, 0.6) is 0 Å². The van der Waals surface area contributed by atoms with E-state index in [2.05, 4.69) is 5.32 Å². The van der Waals surface area contributed by atoms with Crippen molar-refractivity contribution in [3.8, 4) is 0 Å². The fourth-order valence-electron chi connectivity index (χ4n) is 2.15. The topological polar surface area (TPSA) is 58.4 Å². The summed E-state index contributed by atoms with van der Waals surface area (Å²) in [6.45, 7) is 1.37. The molecule has 0 aromatic heterocycles. The van der Waals surface area contributed by atoms with Gasteiger partial charge in [-0.1, -0.05) is 0 Å². The maximum Gasteiger partial charge on any atom is 0.238 e. The summed E-state index contributed by atoms with van der Waals surface area (Å²) in [5.41, 5.74) is 5.12. The Morgan fingerprint density at radius 2 is 1.80 bits per heavy atom. The molecule has 1 fully saturated rings. The van der Waals surface area contributed by atoms with E-state index in [9.17, 15) is 18.0 Å². The smallest absolute Gasteiger partial charge is 0.238 e. The van der Waals surface area contributed by atoms with Gasteiger partial charge < -0.3 is 11.1 Å². The van der Waals surface area contributed by atoms with E-state index >= 15 is 0 Å². The fraction of sp³-hybridized carbons (Fsp3) is 0.462. The fourth-order valence-corrected chi connectivity index (χ4v) is 2.15. The van der Waals surface area contributed by atoms with Crippen molar-refractivity contribution in [2.75, 3.05) is 25.0 Å². The minimum atomic E-state index is -1.13. The number of benzene rings is 1. The first-order valence-corrected chi connectivity index (χ1v) is 6.38. The summed E-state index contributed by atoms with van der Waals surface area (Å²) in [4.78, 5) is 13.6. The van der Waals surface area contributed by atoms with E-state index in [1.54, 1.807) is 0 Å². The zero-order chi connectivity index (χ0) is 14.7. The van der Waals surface area contributed by atoms with Crippen molar-refractivity contribution in [1.29, 1.82) is 0 Å². The largest absolute Gasteiger partial charge is 0.328 e. The van der Waals surface area contributed by atoms with E-state index in [1.165, 1.54) is 0 Å². The van der Waals surface area contributed by atoms with Crippen LogP contribution in [-0.2, 0) is 4.79 Å². The van der Waals surface area contributed by atoms with Crippen LogP contribution in [-0.4, -0.2) is 36.5 Å². The lowest BCUT2D eigenvalue weighted by Crippen LogP contribution is -2.43. The summed E-state index contributed by atoms with van der Waals surface area (Å²) in [6.07, 6.45) is 1.57. The molecule has 1 aliphatic rings. The number of amides is 1. The number of anilines is 1. The number of hydrogen-bond acceptors (Lipinski definition) is 3. The zero-order valence-electron chi connectivity index (χ0n) is 10.8. The van der Waals surface area contributed by atoms with Crippen LogP contribution in [0, 0.1) is 17.5 Å². The number of nitrogens with two attached hydrogens (primary N) is 1. The Morgan fingerprint density at radius 1 is 1.25 bits per heavy atom. The van der Waals surface area contributed by atoms with Crippen LogP contribution >= 0.6 is 0 Å². The van der Waals surface area contributed by atoms with E-state index < -0.39 is 29.0 Å². The highest BCUT2D eigenvalue weighted by Crippen LogP contribution is 2.20. The summed E-state index contributed by atoms with van der Waals surface area (Å²) in [6, 6.07) is 1.19. The van der Waals surface area contributed by atoms with Gasteiger partial charge in [-0.2, -0.15) is 0 Å². The van der Waals surface area contributed by atoms with E-state index in [4.69, 9.17) is 5.73 Å². The van der Waals surface area contributed by atoms with Gasteiger partial charge in [-0.25, -0.2) is 13.2 Å². The van der Waals surface area contributed by atoms with Gasteiger partial charge in [-0.15, -0.1) is 0 Å². The van der Waals surface area contributed by atoms with Crippen molar-refractivity contribution in [1.82, 2.24) is 4.90 Å². The Morgan fingerprint density at radius 3 is 2.35 bits per heavy atom. The van der Waals surface area contributed by atoms with E-state index in [1.807, 2.05) is 4.90 Å². The van der Waals surface area contributed by atoms with E-state index in [0.29, 0.717) is 25.2 Å². The number of nitrogens with one attached hydrogen (secondary N) is 1. The average molecular weight is 287 g/mol. The number of carbonyl (C=O) groups excluding carboxylic acids is 1. The molecule has 3 N–H and O–H groups in total. The Balaban J connectivity index is 1.95. The van der Waals surface area contributed by atoms with Gasteiger partial charge in [0.05, 0.1) is 6.54 Å². The van der Waals surface area contributed by atoms with Gasteiger partial charge in [0.25, 0.3) is 0 Å². The Hall–Kier alpha value is -1.60. The first-order chi connectivity index (χ1) is 9.45. The van der Waals surface area contributed by atoms with Gasteiger partial charge in [0.1, 0.15) is 11.5 Å². The lowest BCUT2D eigenvalue weighted by atomic mass is 10.1.